The molecule has 7 nitrogen and oxygen atoms in total. The fraction of sp³-hybridized carbons (Fsp3) is 0.600. The molecule has 28 heavy (non-hydrogen) atoms. The Kier molecular flexibility index (Phi) is 8.00. The van der Waals surface area contributed by atoms with E-state index in [2.05, 4.69) is 5.32 Å². The Morgan fingerprint density at radius 3 is 2.39 bits per heavy atom. The largest absolute Gasteiger partial charge is 0.452 e. The predicted octanol–water partition coefficient (Wildman–Crippen LogP) is 2.63. The first-order valence-corrected chi connectivity index (χ1v) is 11.3. The van der Waals surface area contributed by atoms with Gasteiger partial charge in [0.1, 0.15) is 0 Å². The molecule has 0 unspecified atom stereocenters. The third kappa shape index (κ3) is 5.54. The number of sulfonamides is 1. The molecule has 0 saturated heterocycles. The molecular weight excluding hydrogens is 380 g/mol. The number of nitrogens with zero attached hydrogens (tertiary/aromatic N) is 1. The Bertz CT molecular complexity index is 797. The second kappa shape index (κ2) is 10.0. The molecule has 0 atom stereocenters. The highest BCUT2D eigenvalue weighted by molar-refractivity contribution is 7.89. The lowest BCUT2D eigenvalue weighted by Gasteiger charge is -2.22. The lowest BCUT2D eigenvalue weighted by Crippen LogP contribution is -2.38. The third-order valence-electron chi connectivity index (χ3n) is 5.05. The lowest BCUT2D eigenvalue weighted by atomic mass is 9.95. The summed E-state index contributed by atoms with van der Waals surface area (Å²) in [6.07, 6.45) is 5.28. The fourth-order valence-electron chi connectivity index (χ4n) is 3.44. The van der Waals surface area contributed by atoms with Gasteiger partial charge in [0.15, 0.2) is 6.61 Å². The normalized spacial score (nSPS) is 15.4. The molecule has 1 aliphatic rings. The molecule has 1 aromatic rings. The first kappa shape index (κ1) is 22.4. The van der Waals surface area contributed by atoms with Crippen LogP contribution in [0.1, 0.15) is 61.9 Å². The van der Waals surface area contributed by atoms with Gasteiger partial charge >= 0.3 is 5.97 Å². The van der Waals surface area contributed by atoms with Crippen molar-refractivity contribution in [3.05, 3.63) is 29.3 Å². The number of amides is 1. The van der Waals surface area contributed by atoms with Crippen molar-refractivity contribution in [2.24, 2.45) is 0 Å². The molecular formula is C20H30N2O5S. The molecule has 0 heterocycles. The fourth-order valence-corrected chi connectivity index (χ4v) is 5.15. The van der Waals surface area contributed by atoms with Crippen LogP contribution >= 0.6 is 0 Å². The molecule has 1 N–H and O–H groups in total. The maximum atomic E-state index is 12.8. The molecule has 0 bridgehead atoms. The molecule has 0 aromatic heterocycles. The summed E-state index contributed by atoms with van der Waals surface area (Å²) in [5, 5.41) is 2.88. The van der Waals surface area contributed by atoms with Crippen LogP contribution in [0.2, 0.25) is 0 Å². The quantitative estimate of drug-likeness (QED) is 0.665. The van der Waals surface area contributed by atoms with Crippen LogP contribution in [-0.2, 0) is 19.6 Å². The summed E-state index contributed by atoms with van der Waals surface area (Å²) in [5.74, 6) is -1.04. The Morgan fingerprint density at radius 2 is 1.79 bits per heavy atom. The van der Waals surface area contributed by atoms with Crippen LogP contribution in [0, 0.1) is 6.92 Å². The van der Waals surface area contributed by atoms with Crippen molar-refractivity contribution < 1.29 is 22.7 Å². The summed E-state index contributed by atoms with van der Waals surface area (Å²) in [6.45, 7) is 5.52. The molecule has 1 aliphatic carbocycles. The van der Waals surface area contributed by atoms with Crippen molar-refractivity contribution in [3.63, 3.8) is 0 Å². The topological polar surface area (TPSA) is 92.8 Å². The van der Waals surface area contributed by atoms with Crippen LogP contribution in [0.25, 0.3) is 0 Å². The van der Waals surface area contributed by atoms with Crippen LogP contribution in [0.3, 0.4) is 0 Å². The van der Waals surface area contributed by atoms with Crippen LogP contribution in [0.15, 0.2) is 23.1 Å². The van der Waals surface area contributed by atoms with Gasteiger partial charge in [0.05, 0.1) is 10.5 Å². The Hall–Kier alpha value is -1.93. The van der Waals surface area contributed by atoms with Gasteiger partial charge in [-0.2, -0.15) is 4.31 Å². The van der Waals surface area contributed by atoms with E-state index in [1.54, 1.807) is 26.8 Å². The van der Waals surface area contributed by atoms with Gasteiger partial charge in [-0.15, -0.1) is 0 Å². The summed E-state index contributed by atoms with van der Waals surface area (Å²) in [6, 6.07) is 4.56. The van der Waals surface area contributed by atoms with Crippen molar-refractivity contribution >= 4 is 21.9 Å². The molecule has 0 aliphatic heterocycles. The summed E-state index contributed by atoms with van der Waals surface area (Å²) >= 11 is 0. The first-order valence-electron chi connectivity index (χ1n) is 9.86. The lowest BCUT2D eigenvalue weighted by molar-refractivity contribution is -0.125. The van der Waals surface area contributed by atoms with Crippen molar-refractivity contribution in [2.45, 2.75) is 63.8 Å². The van der Waals surface area contributed by atoms with Crippen molar-refractivity contribution in [1.29, 1.82) is 0 Å². The van der Waals surface area contributed by atoms with Gasteiger partial charge < -0.3 is 10.1 Å². The van der Waals surface area contributed by atoms with E-state index in [1.807, 2.05) is 0 Å². The van der Waals surface area contributed by atoms with Gasteiger partial charge in [0, 0.05) is 19.1 Å². The van der Waals surface area contributed by atoms with E-state index in [0.29, 0.717) is 18.7 Å². The van der Waals surface area contributed by atoms with Crippen molar-refractivity contribution in [3.8, 4) is 0 Å². The smallest absolute Gasteiger partial charge is 0.338 e. The van der Waals surface area contributed by atoms with Crippen LogP contribution in [-0.4, -0.2) is 50.3 Å². The average molecular weight is 411 g/mol. The summed E-state index contributed by atoms with van der Waals surface area (Å²) < 4.78 is 32.0. The van der Waals surface area contributed by atoms with Gasteiger partial charge in [-0.1, -0.05) is 39.2 Å². The summed E-state index contributed by atoms with van der Waals surface area (Å²) in [4.78, 5) is 24.4. The molecule has 1 fully saturated rings. The van der Waals surface area contributed by atoms with Gasteiger partial charge in [0.25, 0.3) is 5.91 Å². The molecule has 0 radical (unpaired) electrons. The van der Waals surface area contributed by atoms with Crippen LogP contribution in [0.4, 0.5) is 0 Å². The molecule has 8 heteroatoms. The van der Waals surface area contributed by atoms with Crippen molar-refractivity contribution in [2.75, 3.05) is 19.7 Å². The van der Waals surface area contributed by atoms with Gasteiger partial charge in [-0.25, -0.2) is 13.2 Å². The number of rotatable bonds is 8. The van der Waals surface area contributed by atoms with Crippen LogP contribution in [0.5, 0.6) is 0 Å². The monoisotopic (exact) mass is 410 g/mol. The Balaban J connectivity index is 2.04. The number of aryl methyl sites for hydroxylation is 1. The number of ether oxygens (including phenoxy) is 1. The second-order valence-corrected chi connectivity index (χ2v) is 8.95. The summed E-state index contributed by atoms with van der Waals surface area (Å²) in [7, 11) is -3.69. The molecule has 0 spiro atoms. The zero-order valence-corrected chi connectivity index (χ0v) is 17.7. The number of benzene rings is 1. The number of nitrogens with one attached hydrogen (secondary N) is 1. The van der Waals surface area contributed by atoms with E-state index < -0.39 is 16.0 Å². The SMILES string of the molecule is CCN(CC)S(=O)(=O)c1cc(C(=O)OCC(=O)NC2CCCCC2)ccc1C. The number of carbonyl (C=O) groups is 2. The maximum absolute atomic E-state index is 12.8. The van der Waals surface area contributed by atoms with E-state index in [0.717, 1.165) is 25.7 Å². The highest BCUT2D eigenvalue weighted by Gasteiger charge is 2.25. The molecule has 1 saturated carbocycles. The zero-order chi connectivity index (χ0) is 20.7. The first-order chi connectivity index (χ1) is 13.3. The Morgan fingerprint density at radius 1 is 1.14 bits per heavy atom. The minimum Gasteiger partial charge on any atom is -0.452 e. The van der Waals surface area contributed by atoms with E-state index in [1.165, 1.54) is 22.9 Å². The molecule has 2 rings (SSSR count). The van der Waals surface area contributed by atoms with Gasteiger partial charge in [0.2, 0.25) is 10.0 Å². The maximum Gasteiger partial charge on any atom is 0.338 e. The number of hydrogen-bond donors (Lipinski definition) is 1. The third-order valence-corrected chi connectivity index (χ3v) is 7.24. The van der Waals surface area contributed by atoms with E-state index in [-0.39, 0.29) is 29.0 Å². The number of esters is 1. The van der Waals surface area contributed by atoms with Gasteiger partial charge in [-0.05, 0) is 37.5 Å². The Labute approximate surface area is 167 Å². The molecule has 156 valence electrons. The standard InChI is InChI=1S/C20H30N2O5S/c1-4-22(5-2)28(25,26)18-13-16(12-11-15(18)3)20(24)27-14-19(23)21-17-9-7-6-8-10-17/h11-13,17H,4-10,14H2,1-3H3,(H,21,23). The van der Waals surface area contributed by atoms with Crippen molar-refractivity contribution in [1.82, 2.24) is 9.62 Å². The molecule has 1 aromatic carbocycles. The van der Waals surface area contributed by atoms with E-state index in [9.17, 15) is 18.0 Å². The van der Waals surface area contributed by atoms with Gasteiger partial charge in [-0.3, -0.25) is 4.79 Å². The van der Waals surface area contributed by atoms with Crippen LogP contribution < -0.4 is 5.32 Å². The highest BCUT2D eigenvalue weighted by atomic mass is 32.2. The molecule has 1 amide bonds. The van der Waals surface area contributed by atoms with E-state index >= 15 is 0 Å². The predicted molar refractivity (Wildman–Crippen MR) is 107 cm³/mol. The average Bonchev–Trinajstić information content (AvgIpc) is 2.68. The zero-order valence-electron chi connectivity index (χ0n) is 16.9. The minimum absolute atomic E-state index is 0.0808. The highest BCUT2D eigenvalue weighted by Crippen LogP contribution is 2.22. The van der Waals surface area contributed by atoms with E-state index in [4.69, 9.17) is 4.74 Å². The minimum atomic E-state index is -3.69. The summed E-state index contributed by atoms with van der Waals surface area (Å²) in [5.41, 5.74) is 0.667. The second-order valence-electron chi connectivity index (χ2n) is 7.05. The number of hydrogen-bond acceptors (Lipinski definition) is 5. The number of carbonyl (C=O) groups excluding carboxylic acids is 2.